The van der Waals surface area contributed by atoms with Crippen LogP contribution in [0.3, 0.4) is 0 Å². The second-order valence-corrected chi connectivity index (χ2v) is 13.7. The lowest BCUT2D eigenvalue weighted by Crippen LogP contribution is -2.62. The molecule has 44 heavy (non-hydrogen) atoms. The van der Waals surface area contributed by atoms with Gasteiger partial charge in [0.05, 0.1) is 25.9 Å². The van der Waals surface area contributed by atoms with Gasteiger partial charge in [0.1, 0.15) is 24.2 Å². The summed E-state index contributed by atoms with van der Waals surface area (Å²) in [6.45, 7) is 5.76. The highest BCUT2D eigenvalue weighted by Crippen LogP contribution is 2.35. The molecular formula is C31H57F2N5O6. The van der Waals surface area contributed by atoms with E-state index in [0.717, 1.165) is 64.9 Å². The van der Waals surface area contributed by atoms with Gasteiger partial charge in [0.2, 0.25) is 5.91 Å². The third-order valence-electron chi connectivity index (χ3n) is 10.2. The maximum absolute atomic E-state index is 15.1. The van der Waals surface area contributed by atoms with Gasteiger partial charge in [-0.25, -0.2) is 8.78 Å². The van der Waals surface area contributed by atoms with E-state index < -0.39 is 43.2 Å². The Morgan fingerprint density at radius 2 is 1.66 bits per heavy atom. The minimum absolute atomic E-state index is 0.0367. The van der Waals surface area contributed by atoms with E-state index in [1.54, 1.807) is 12.0 Å². The van der Waals surface area contributed by atoms with Crippen LogP contribution in [0.4, 0.5) is 8.78 Å². The van der Waals surface area contributed by atoms with Crippen LogP contribution in [0.5, 0.6) is 0 Å². The number of alkyl halides is 2. The number of hydrogen-bond acceptors (Lipinski definition) is 10. The smallest absolute Gasteiger partial charge is 0.223 e. The Kier molecular flexibility index (Phi) is 14.5. The largest absolute Gasteiger partial charge is 0.393 e. The van der Waals surface area contributed by atoms with Crippen molar-refractivity contribution in [1.29, 1.82) is 0 Å². The number of nitrogens with one attached hydrogen (secondary N) is 3. The topological polar surface area (TPSA) is 139 Å². The highest BCUT2D eigenvalue weighted by Gasteiger charge is 2.41. The predicted molar refractivity (Wildman–Crippen MR) is 162 cm³/mol. The molecule has 3 aliphatic heterocycles. The first-order valence-electron chi connectivity index (χ1n) is 16.8. The summed E-state index contributed by atoms with van der Waals surface area (Å²) in [7, 11) is 1.74. The van der Waals surface area contributed by atoms with Crippen molar-refractivity contribution in [3.63, 3.8) is 0 Å². The van der Waals surface area contributed by atoms with Crippen LogP contribution in [-0.4, -0.2) is 147 Å². The molecule has 0 spiro atoms. The molecule has 0 aromatic carbocycles. The van der Waals surface area contributed by atoms with Crippen molar-refractivity contribution in [1.82, 2.24) is 25.8 Å². The number of carbonyl (C=O) groups excluding carboxylic acids is 1. The number of piperidine rings is 1. The molecule has 0 aromatic heterocycles. The van der Waals surface area contributed by atoms with Gasteiger partial charge < -0.3 is 35.0 Å². The van der Waals surface area contributed by atoms with Gasteiger partial charge in [0.25, 0.3) is 0 Å². The van der Waals surface area contributed by atoms with Crippen LogP contribution in [0.2, 0.25) is 0 Å². The molecule has 3 atom stereocenters. The van der Waals surface area contributed by atoms with Crippen LogP contribution in [0.1, 0.15) is 51.4 Å². The SMILES string of the molecule is COCC1CNC(N2CCC(CCCOC3CC(F)C(CC(=O)N4CC[C@@H](CNCC(O)(CO)CO)C4)C(F)C3)CC2)NC1. The maximum Gasteiger partial charge on any atom is 0.223 e. The van der Waals surface area contributed by atoms with E-state index in [1.165, 1.54) is 0 Å². The molecule has 4 aliphatic rings. The standard InChI is InChI=1S/C31H57F2N5O6/c1-43-18-24-15-35-30(36-16-24)37-7-4-22(5-8-37)3-2-10-44-25-11-27(32)26(28(33)12-25)13-29(41)38-9-6-23(17-38)14-34-19-31(42,20-39)21-40/h22-28,30,34-36,39-40,42H,2-21H2,1H3/t23-,24?,25?,26?,27?,28?,30?/m0/s1. The fourth-order valence-corrected chi connectivity index (χ4v) is 7.23. The Balaban J connectivity index is 1.06. The van der Waals surface area contributed by atoms with Crippen LogP contribution in [0.25, 0.3) is 0 Å². The molecule has 256 valence electrons. The summed E-state index contributed by atoms with van der Waals surface area (Å²) in [5, 5.41) is 38.5. The summed E-state index contributed by atoms with van der Waals surface area (Å²) in [5.41, 5.74) is -1.58. The Morgan fingerprint density at radius 1 is 1.00 bits per heavy atom. The van der Waals surface area contributed by atoms with Crippen molar-refractivity contribution in [3.05, 3.63) is 0 Å². The van der Waals surface area contributed by atoms with Gasteiger partial charge in [0, 0.05) is 90.6 Å². The van der Waals surface area contributed by atoms with Crippen LogP contribution < -0.4 is 16.0 Å². The number of ether oxygens (including phenoxy) is 2. The zero-order valence-electron chi connectivity index (χ0n) is 26.5. The highest BCUT2D eigenvalue weighted by molar-refractivity contribution is 5.77. The number of aliphatic hydroxyl groups excluding tert-OH is 2. The molecule has 0 aromatic rings. The summed E-state index contributed by atoms with van der Waals surface area (Å²) >= 11 is 0. The Morgan fingerprint density at radius 3 is 2.30 bits per heavy atom. The number of halogens is 2. The predicted octanol–water partition coefficient (Wildman–Crippen LogP) is 0.233. The summed E-state index contributed by atoms with van der Waals surface area (Å²) in [4.78, 5) is 17.0. The van der Waals surface area contributed by atoms with Crippen molar-refractivity contribution in [2.45, 2.75) is 81.7 Å². The zero-order chi connectivity index (χ0) is 31.5. The zero-order valence-corrected chi connectivity index (χ0v) is 26.5. The van der Waals surface area contributed by atoms with E-state index in [1.807, 2.05) is 0 Å². The number of nitrogens with zero attached hydrogens (tertiary/aromatic N) is 2. The van der Waals surface area contributed by atoms with E-state index >= 15 is 8.78 Å². The van der Waals surface area contributed by atoms with Gasteiger partial charge in [-0.1, -0.05) is 0 Å². The Labute approximate surface area is 261 Å². The normalized spacial score (nSPS) is 32.8. The van der Waals surface area contributed by atoms with Gasteiger partial charge in [-0.05, 0) is 50.5 Å². The number of rotatable bonds is 16. The fraction of sp³-hybridized carbons (Fsp3) is 0.968. The first-order chi connectivity index (χ1) is 21.2. The average molecular weight is 634 g/mol. The number of hydrogen-bond donors (Lipinski definition) is 6. The second kappa shape index (κ2) is 17.8. The number of amides is 1. The summed E-state index contributed by atoms with van der Waals surface area (Å²) in [6, 6.07) is 0. The number of aliphatic hydroxyl groups is 3. The van der Waals surface area contributed by atoms with Gasteiger partial charge in [-0.15, -0.1) is 0 Å². The maximum atomic E-state index is 15.1. The molecule has 6 N–H and O–H groups in total. The van der Waals surface area contributed by atoms with Gasteiger partial charge in [0.15, 0.2) is 0 Å². The molecule has 4 fully saturated rings. The van der Waals surface area contributed by atoms with E-state index in [4.69, 9.17) is 9.47 Å². The molecule has 11 nitrogen and oxygen atoms in total. The van der Waals surface area contributed by atoms with E-state index in [2.05, 4.69) is 20.9 Å². The van der Waals surface area contributed by atoms with Crippen LogP contribution in [0, 0.1) is 23.7 Å². The fourth-order valence-electron chi connectivity index (χ4n) is 7.23. The van der Waals surface area contributed by atoms with Crippen molar-refractivity contribution in [3.8, 4) is 0 Å². The second-order valence-electron chi connectivity index (χ2n) is 13.7. The Bertz CT molecular complexity index is 832. The molecule has 1 aliphatic carbocycles. The number of likely N-dealkylation sites (tertiary alicyclic amines) is 2. The first-order valence-corrected chi connectivity index (χ1v) is 16.8. The molecular weight excluding hydrogens is 576 g/mol. The summed E-state index contributed by atoms with van der Waals surface area (Å²) < 4.78 is 41.4. The van der Waals surface area contributed by atoms with Crippen LogP contribution >= 0.6 is 0 Å². The molecule has 13 heteroatoms. The lowest BCUT2D eigenvalue weighted by Gasteiger charge is -2.41. The van der Waals surface area contributed by atoms with Crippen molar-refractivity contribution in [2.24, 2.45) is 23.7 Å². The van der Waals surface area contributed by atoms with E-state index in [9.17, 15) is 20.1 Å². The first kappa shape index (κ1) is 35.8. The van der Waals surface area contributed by atoms with Crippen molar-refractivity contribution < 1.29 is 38.4 Å². The highest BCUT2D eigenvalue weighted by atomic mass is 19.1. The van der Waals surface area contributed by atoms with E-state index in [-0.39, 0.29) is 43.9 Å². The monoisotopic (exact) mass is 633 g/mol. The van der Waals surface area contributed by atoms with Crippen molar-refractivity contribution >= 4 is 5.91 Å². The molecule has 1 amide bonds. The molecule has 4 rings (SSSR count). The van der Waals surface area contributed by atoms with Crippen molar-refractivity contribution in [2.75, 3.05) is 85.9 Å². The summed E-state index contributed by atoms with van der Waals surface area (Å²) in [6.07, 6.45) is 2.09. The van der Waals surface area contributed by atoms with E-state index in [0.29, 0.717) is 38.1 Å². The lowest BCUT2D eigenvalue weighted by molar-refractivity contribution is -0.134. The number of methoxy groups -OCH3 is 1. The third kappa shape index (κ3) is 10.5. The minimum atomic E-state index is -1.58. The molecule has 0 bridgehead atoms. The van der Waals surface area contributed by atoms with Gasteiger partial charge in [-0.2, -0.15) is 0 Å². The molecule has 1 saturated carbocycles. The van der Waals surface area contributed by atoms with Gasteiger partial charge in [-0.3, -0.25) is 20.3 Å². The third-order valence-corrected chi connectivity index (χ3v) is 10.2. The quantitative estimate of drug-likeness (QED) is 0.131. The molecule has 3 saturated heterocycles. The van der Waals surface area contributed by atoms with Crippen LogP contribution in [-0.2, 0) is 14.3 Å². The molecule has 2 unspecified atom stereocenters. The average Bonchev–Trinajstić information content (AvgIpc) is 3.51. The van der Waals surface area contributed by atoms with Crippen LogP contribution in [0.15, 0.2) is 0 Å². The lowest BCUT2D eigenvalue weighted by atomic mass is 9.81. The molecule has 0 radical (unpaired) electrons. The summed E-state index contributed by atoms with van der Waals surface area (Å²) in [5.74, 6) is 0.135. The Hall–Kier alpha value is -1.03. The number of carbonyl (C=O) groups is 1. The van der Waals surface area contributed by atoms with Gasteiger partial charge >= 0.3 is 0 Å². The minimum Gasteiger partial charge on any atom is -0.393 e. The molecule has 3 heterocycles.